The second-order valence-corrected chi connectivity index (χ2v) is 7.74. The molecule has 5 aromatic carbocycles. The number of nitrogens with one attached hydrogen (secondary N) is 1. The van der Waals surface area contributed by atoms with E-state index in [1.165, 1.54) is 17.1 Å². The second kappa shape index (κ2) is 12.0. The molecule has 0 spiro atoms. The number of hydrogen-bond acceptors (Lipinski definition) is 3. The molecule has 34 heavy (non-hydrogen) atoms. The average molecular weight is 444 g/mol. The Morgan fingerprint density at radius 1 is 0.471 bits per heavy atom. The van der Waals surface area contributed by atoms with E-state index in [9.17, 15) is 0 Å². The summed E-state index contributed by atoms with van der Waals surface area (Å²) in [6, 6.07) is 49.5. The molecular formula is C31H29N3. The lowest BCUT2D eigenvalue weighted by molar-refractivity contribution is 1.07. The summed E-state index contributed by atoms with van der Waals surface area (Å²) in [6.07, 6.45) is 0. The van der Waals surface area contributed by atoms with Crippen LogP contribution in [0.15, 0.2) is 146 Å². The molecule has 0 bridgehead atoms. The highest BCUT2D eigenvalue weighted by molar-refractivity contribution is 5.76. The van der Waals surface area contributed by atoms with Crippen molar-refractivity contribution in [3.8, 4) is 0 Å². The highest BCUT2D eigenvalue weighted by atomic mass is 15.1. The highest BCUT2D eigenvalue weighted by Crippen LogP contribution is 2.33. The Kier molecular flexibility index (Phi) is 8.09. The summed E-state index contributed by atoms with van der Waals surface area (Å²) in [7, 11) is 0. The van der Waals surface area contributed by atoms with Crippen LogP contribution in [0.3, 0.4) is 0 Å². The van der Waals surface area contributed by atoms with Crippen molar-refractivity contribution in [3.05, 3.63) is 151 Å². The number of benzene rings is 5. The quantitative estimate of drug-likeness (QED) is 0.279. The summed E-state index contributed by atoms with van der Waals surface area (Å²) in [6.45, 7) is 0.574. The number of nitrogens with two attached hydrogens (primary N) is 1. The van der Waals surface area contributed by atoms with Gasteiger partial charge < -0.3 is 16.0 Å². The van der Waals surface area contributed by atoms with Crippen LogP contribution in [0, 0.1) is 0 Å². The Bertz CT molecular complexity index is 1150. The van der Waals surface area contributed by atoms with Crippen molar-refractivity contribution in [3.63, 3.8) is 0 Å². The number of hydrogen-bond donors (Lipinski definition) is 2. The molecular weight excluding hydrogens is 414 g/mol. The maximum Gasteiger partial charge on any atom is 0.0461 e. The first-order valence-electron chi connectivity index (χ1n) is 11.4. The van der Waals surface area contributed by atoms with Crippen molar-refractivity contribution >= 4 is 28.4 Å². The van der Waals surface area contributed by atoms with Crippen molar-refractivity contribution in [1.29, 1.82) is 0 Å². The van der Waals surface area contributed by atoms with Crippen molar-refractivity contribution in [2.24, 2.45) is 5.73 Å². The summed E-state index contributed by atoms with van der Waals surface area (Å²) in [5.74, 6) is 0. The average Bonchev–Trinajstić information content (AvgIpc) is 2.92. The molecule has 0 unspecified atom stereocenters. The molecule has 168 valence electrons. The molecule has 0 saturated carbocycles. The lowest BCUT2D eigenvalue weighted by atomic mass is 10.2. The Morgan fingerprint density at radius 2 is 0.882 bits per heavy atom. The SMILES string of the molecule is NCc1cccc(Nc2ccccc2)c1.c1ccc(N(c2ccccc2)c2ccccc2)cc1. The first kappa shape index (κ1) is 22.8. The number of para-hydroxylation sites is 4. The first-order valence-corrected chi connectivity index (χ1v) is 11.4. The van der Waals surface area contributed by atoms with Gasteiger partial charge in [0, 0.05) is 35.0 Å². The van der Waals surface area contributed by atoms with E-state index in [1.54, 1.807) is 0 Å². The van der Waals surface area contributed by atoms with E-state index < -0.39 is 0 Å². The van der Waals surface area contributed by atoms with E-state index in [1.807, 2.05) is 66.7 Å². The van der Waals surface area contributed by atoms with E-state index in [4.69, 9.17) is 5.73 Å². The summed E-state index contributed by atoms with van der Waals surface area (Å²) in [5.41, 5.74) is 12.4. The van der Waals surface area contributed by atoms with E-state index in [0.29, 0.717) is 6.54 Å². The normalized spacial score (nSPS) is 10.0. The van der Waals surface area contributed by atoms with Crippen molar-refractivity contribution in [2.75, 3.05) is 10.2 Å². The van der Waals surface area contributed by atoms with E-state index in [2.05, 4.69) is 89.1 Å². The zero-order chi connectivity index (χ0) is 23.4. The lowest BCUT2D eigenvalue weighted by Gasteiger charge is -2.25. The zero-order valence-corrected chi connectivity index (χ0v) is 19.1. The predicted molar refractivity (Wildman–Crippen MR) is 145 cm³/mol. The topological polar surface area (TPSA) is 41.3 Å². The van der Waals surface area contributed by atoms with Crippen molar-refractivity contribution in [2.45, 2.75) is 6.54 Å². The molecule has 3 nitrogen and oxygen atoms in total. The fraction of sp³-hybridized carbons (Fsp3) is 0.0323. The molecule has 5 aromatic rings. The third-order valence-electron chi connectivity index (χ3n) is 5.27. The van der Waals surface area contributed by atoms with Gasteiger partial charge in [0.2, 0.25) is 0 Å². The van der Waals surface area contributed by atoms with E-state index in [0.717, 1.165) is 16.9 Å². The third kappa shape index (κ3) is 6.35. The van der Waals surface area contributed by atoms with Crippen LogP contribution >= 0.6 is 0 Å². The third-order valence-corrected chi connectivity index (χ3v) is 5.27. The minimum Gasteiger partial charge on any atom is -0.356 e. The number of anilines is 5. The molecule has 0 aliphatic carbocycles. The molecule has 0 radical (unpaired) electrons. The van der Waals surface area contributed by atoms with Crippen LogP contribution in [0.2, 0.25) is 0 Å². The van der Waals surface area contributed by atoms with Crippen molar-refractivity contribution < 1.29 is 0 Å². The molecule has 0 heterocycles. The molecule has 0 atom stereocenters. The van der Waals surface area contributed by atoms with Gasteiger partial charge in [-0.05, 0) is 66.2 Å². The first-order chi connectivity index (χ1) is 16.8. The zero-order valence-electron chi connectivity index (χ0n) is 19.1. The van der Waals surface area contributed by atoms with Gasteiger partial charge in [-0.2, -0.15) is 0 Å². The van der Waals surface area contributed by atoms with Crippen LogP contribution in [0.5, 0.6) is 0 Å². The van der Waals surface area contributed by atoms with E-state index >= 15 is 0 Å². The van der Waals surface area contributed by atoms with Gasteiger partial charge in [-0.3, -0.25) is 0 Å². The van der Waals surface area contributed by atoms with Crippen LogP contribution < -0.4 is 16.0 Å². The van der Waals surface area contributed by atoms with Crippen LogP contribution in [0.25, 0.3) is 0 Å². The van der Waals surface area contributed by atoms with Gasteiger partial charge in [0.1, 0.15) is 0 Å². The van der Waals surface area contributed by atoms with Crippen LogP contribution in [0.4, 0.5) is 28.4 Å². The summed E-state index contributed by atoms with van der Waals surface area (Å²) in [5, 5.41) is 3.32. The van der Waals surface area contributed by atoms with Gasteiger partial charge in [-0.1, -0.05) is 84.9 Å². The Morgan fingerprint density at radius 3 is 1.32 bits per heavy atom. The van der Waals surface area contributed by atoms with Gasteiger partial charge in [-0.25, -0.2) is 0 Å². The molecule has 0 aliphatic heterocycles. The minimum atomic E-state index is 0.574. The van der Waals surface area contributed by atoms with Gasteiger partial charge in [0.05, 0.1) is 0 Å². The fourth-order valence-corrected chi connectivity index (χ4v) is 3.64. The lowest BCUT2D eigenvalue weighted by Crippen LogP contribution is -2.09. The predicted octanol–water partition coefficient (Wildman–Crippen LogP) is 8.05. The molecule has 3 N–H and O–H groups in total. The maximum absolute atomic E-state index is 5.58. The smallest absolute Gasteiger partial charge is 0.0461 e. The molecule has 5 rings (SSSR count). The standard InChI is InChI=1S/C18H15N.C13H14N2/c1-4-10-16(11-5-1)19(17-12-6-2-7-13-17)18-14-8-3-9-15-18;14-10-11-5-4-8-13(9-11)15-12-6-2-1-3-7-12/h1-15H;1-9,15H,10,14H2. The van der Waals surface area contributed by atoms with Gasteiger partial charge >= 0.3 is 0 Å². The van der Waals surface area contributed by atoms with Crippen LogP contribution in [-0.4, -0.2) is 0 Å². The molecule has 0 aromatic heterocycles. The molecule has 0 aliphatic rings. The van der Waals surface area contributed by atoms with Crippen LogP contribution in [-0.2, 0) is 6.54 Å². The minimum absolute atomic E-state index is 0.574. The Labute approximate surface area is 202 Å². The molecule has 0 fully saturated rings. The maximum atomic E-state index is 5.58. The van der Waals surface area contributed by atoms with Gasteiger partial charge in [0.15, 0.2) is 0 Å². The van der Waals surface area contributed by atoms with Gasteiger partial charge in [-0.15, -0.1) is 0 Å². The van der Waals surface area contributed by atoms with Crippen molar-refractivity contribution in [1.82, 2.24) is 0 Å². The van der Waals surface area contributed by atoms with Gasteiger partial charge in [0.25, 0.3) is 0 Å². The Hall–Kier alpha value is -4.34. The summed E-state index contributed by atoms with van der Waals surface area (Å²) in [4.78, 5) is 2.25. The molecule has 0 amide bonds. The van der Waals surface area contributed by atoms with E-state index in [-0.39, 0.29) is 0 Å². The molecule has 3 heteroatoms. The number of nitrogens with zero attached hydrogens (tertiary/aromatic N) is 1. The van der Waals surface area contributed by atoms with Crippen LogP contribution in [0.1, 0.15) is 5.56 Å². The molecule has 0 saturated heterocycles. The largest absolute Gasteiger partial charge is 0.356 e. The second-order valence-electron chi connectivity index (χ2n) is 7.74. The number of rotatable bonds is 6. The summed E-state index contributed by atoms with van der Waals surface area (Å²) < 4.78 is 0. The highest BCUT2D eigenvalue weighted by Gasteiger charge is 2.10. The monoisotopic (exact) mass is 443 g/mol. The Balaban J connectivity index is 0.000000166. The fourth-order valence-electron chi connectivity index (χ4n) is 3.64. The summed E-state index contributed by atoms with van der Waals surface area (Å²) >= 11 is 0.